The van der Waals surface area contributed by atoms with Crippen LogP contribution in [-0.2, 0) is 22.4 Å². The Morgan fingerprint density at radius 3 is 1.79 bits per heavy atom. The molecule has 0 saturated heterocycles. The molecule has 4 N–H and O–H groups in total. The summed E-state index contributed by atoms with van der Waals surface area (Å²) < 4.78 is 55.2. The van der Waals surface area contributed by atoms with E-state index in [2.05, 4.69) is 63.1 Å². The summed E-state index contributed by atoms with van der Waals surface area (Å²) in [6, 6.07) is 16.0. The Labute approximate surface area is 336 Å². The minimum Gasteiger partial charge on any atom is -0.345 e. The van der Waals surface area contributed by atoms with E-state index >= 15 is 0 Å². The van der Waals surface area contributed by atoms with E-state index in [9.17, 15) is 27.2 Å². The number of amides is 2. The van der Waals surface area contributed by atoms with Crippen LogP contribution in [-0.4, -0.2) is 43.6 Å². The van der Waals surface area contributed by atoms with Crippen molar-refractivity contribution < 1.29 is 27.2 Å². The highest BCUT2D eigenvalue weighted by molar-refractivity contribution is 6.05. The molecule has 2 aromatic heterocycles. The Balaban J connectivity index is 1.02. The predicted molar refractivity (Wildman–Crippen MR) is 219 cm³/mol. The van der Waals surface area contributed by atoms with Crippen LogP contribution in [0.25, 0.3) is 44.2 Å². The van der Waals surface area contributed by atoms with Crippen molar-refractivity contribution in [3.05, 3.63) is 71.4 Å². The molecule has 3 aliphatic carbocycles. The normalized spacial score (nSPS) is 19.7. The molecular weight excluding hydrogens is 745 g/mol. The summed E-state index contributed by atoms with van der Waals surface area (Å²) in [7, 11) is 0. The van der Waals surface area contributed by atoms with Crippen molar-refractivity contribution in [3.63, 3.8) is 0 Å². The van der Waals surface area contributed by atoms with Gasteiger partial charge in [-0.3, -0.25) is 9.59 Å². The molecule has 0 radical (unpaired) electrons. The van der Waals surface area contributed by atoms with Gasteiger partial charge in [0, 0.05) is 54.2 Å². The van der Waals surface area contributed by atoms with Crippen LogP contribution >= 0.6 is 0 Å². The van der Waals surface area contributed by atoms with Crippen molar-refractivity contribution in [2.45, 2.75) is 130 Å². The van der Waals surface area contributed by atoms with Crippen molar-refractivity contribution in [2.75, 3.05) is 0 Å². The molecule has 12 heteroatoms. The number of aryl methyl sites for hydroxylation is 2. The van der Waals surface area contributed by atoms with Gasteiger partial charge in [-0.1, -0.05) is 77.9 Å². The van der Waals surface area contributed by atoms with Gasteiger partial charge in [-0.15, -0.1) is 0 Å². The molecule has 0 aliphatic heterocycles. The minimum atomic E-state index is -2.70. The lowest BCUT2D eigenvalue weighted by atomic mass is 9.83. The molecule has 3 aliphatic rings. The molecule has 3 aromatic carbocycles. The van der Waals surface area contributed by atoms with E-state index in [0.717, 1.165) is 62.7 Å². The average Bonchev–Trinajstić information content (AvgIpc) is 3.79. The molecule has 2 heterocycles. The van der Waals surface area contributed by atoms with Gasteiger partial charge in [0.05, 0.1) is 28.8 Å². The number of nitrogens with zero attached hydrogens (tertiary/aromatic N) is 2. The van der Waals surface area contributed by atoms with Gasteiger partial charge in [-0.25, -0.2) is 27.5 Å². The maximum absolute atomic E-state index is 13.8. The molecule has 8 nitrogen and oxygen atoms in total. The van der Waals surface area contributed by atoms with E-state index < -0.39 is 35.8 Å². The fraction of sp³-hybridized carbons (Fsp3) is 0.522. The fourth-order valence-corrected chi connectivity index (χ4v) is 9.09. The van der Waals surface area contributed by atoms with Crippen LogP contribution in [0.3, 0.4) is 0 Å². The molecule has 0 spiro atoms. The van der Waals surface area contributed by atoms with Gasteiger partial charge in [-0.2, -0.15) is 0 Å². The lowest BCUT2D eigenvalue weighted by molar-refractivity contribution is -0.131. The van der Waals surface area contributed by atoms with E-state index in [4.69, 9.17) is 9.97 Å². The van der Waals surface area contributed by atoms with Gasteiger partial charge >= 0.3 is 0 Å². The van der Waals surface area contributed by atoms with Crippen LogP contribution in [0.5, 0.6) is 0 Å². The number of aromatic nitrogens is 4. The lowest BCUT2D eigenvalue weighted by Gasteiger charge is -2.33. The van der Waals surface area contributed by atoms with Crippen molar-refractivity contribution in [3.8, 4) is 22.4 Å². The summed E-state index contributed by atoms with van der Waals surface area (Å²) >= 11 is 0. The van der Waals surface area contributed by atoms with E-state index in [1.807, 2.05) is 47.6 Å². The summed E-state index contributed by atoms with van der Waals surface area (Å²) in [5, 5.41) is 8.33. The second kappa shape index (κ2) is 14.5. The number of nitrogens with one attached hydrogen (secondary N) is 4. The number of aromatic amines is 2. The summed E-state index contributed by atoms with van der Waals surface area (Å²) in [5.41, 5.74) is 7.18. The number of carbonyl (C=O) groups is 2. The van der Waals surface area contributed by atoms with Crippen LogP contribution in [0, 0.1) is 22.7 Å². The van der Waals surface area contributed by atoms with Crippen LogP contribution in [0.4, 0.5) is 17.6 Å². The fourth-order valence-electron chi connectivity index (χ4n) is 9.09. The number of carbonyl (C=O) groups excluding carboxylic acids is 2. The Hall–Kier alpha value is -4.74. The van der Waals surface area contributed by atoms with Crippen molar-refractivity contribution in [1.29, 1.82) is 0 Å². The zero-order valence-corrected chi connectivity index (χ0v) is 34.2. The molecule has 1 unspecified atom stereocenters. The van der Waals surface area contributed by atoms with Crippen LogP contribution in [0.2, 0.25) is 0 Å². The number of rotatable bonds is 7. The smallest absolute Gasteiger partial charge is 0.248 e. The molecule has 2 saturated carbocycles. The number of H-pyrrole nitrogens is 2. The second-order valence-electron chi connectivity index (χ2n) is 19.2. The maximum Gasteiger partial charge on any atom is 0.248 e. The van der Waals surface area contributed by atoms with Gasteiger partial charge in [0.25, 0.3) is 0 Å². The molecule has 308 valence electrons. The third-order valence-corrected chi connectivity index (χ3v) is 12.6. The zero-order valence-electron chi connectivity index (χ0n) is 34.2. The maximum atomic E-state index is 13.8. The number of alkyl halides is 4. The number of hydrogen-bond donors (Lipinski definition) is 4. The third-order valence-electron chi connectivity index (χ3n) is 12.6. The van der Waals surface area contributed by atoms with E-state index in [1.54, 1.807) is 0 Å². The molecule has 8 rings (SSSR count). The number of benzene rings is 3. The molecule has 5 aromatic rings. The Bertz CT molecular complexity index is 2360. The first-order valence-electron chi connectivity index (χ1n) is 20.8. The van der Waals surface area contributed by atoms with Gasteiger partial charge in [-0.05, 0) is 83.6 Å². The molecule has 2 fully saturated rings. The number of fused-ring (bicyclic) bond motifs is 6. The average molecular weight is 799 g/mol. The molecular formula is C46H54F4N6O2. The SMILES string of the molecule is CC(C)(C)C(NC(=O)C1CCC(F)(F)CC1)c1nc2c(ccc3cc(-c4ccc5c(c4)CCc4[nH]c([C@@H](NC(=O)C6CCC(F)(F)CC6)C(C)(C)C)nc4-5)ccc32)[nH]1. The van der Waals surface area contributed by atoms with E-state index in [0.29, 0.717) is 11.6 Å². The van der Waals surface area contributed by atoms with Crippen LogP contribution in [0.15, 0.2) is 48.5 Å². The highest BCUT2D eigenvalue weighted by atomic mass is 19.3. The monoisotopic (exact) mass is 798 g/mol. The third kappa shape index (κ3) is 8.00. The van der Waals surface area contributed by atoms with Gasteiger partial charge in [0.2, 0.25) is 23.7 Å². The zero-order chi connectivity index (χ0) is 41.4. The lowest BCUT2D eigenvalue weighted by Crippen LogP contribution is -2.42. The standard InChI is InChI=1S/C46H54F4N6O2/c1-43(2,3)37(55-41(57)25-15-19-45(47,48)20-16-25)39-51-33-13-9-29-23-27(7-11-31(29)35(33)53-39)28-8-12-32-30(24-28)10-14-34-36(32)54-40(52-34)38(44(4,5)6)56-42(58)26-17-21-46(49,50)22-18-26/h7-9,11-13,23-26,37-38H,10,14-22H2,1-6H3,(H,51,53)(H,52,54)(H,55,57)(H,56,58)/t37?,38-/m1/s1. The van der Waals surface area contributed by atoms with Crippen molar-refractivity contribution >= 4 is 33.6 Å². The molecule has 0 bridgehead atoms. The largest absolute Gasteiger partial charge is 0.345 e. The van der Waals surface area contributed by atoms with Gasteiger partial charge < -0.3 is 20.6 Å². The molecule has 2 atom stereocenters. The highest BCUT2D eigenvalue weighted by Crippen LogP contribution is 2.42. The topological polar surface area (TPSA) is 116 Å². The Kier molecular flexibility index (Phi) is 10.0. The predicted octanol–water partition coefficient (Wildman–Crippen LogP) is 10.9. The molecule has 2 amide bonds. The quantitative estimate of drug-likeness (QED) is 0.123. The van der Waals surface area contributed by atoms with E-state index in [-0.39, 0.29) is 74.0 Å². The first kappa shape index (κ1) is 40.1. The number of imidazole rings is 2. The first-order chi connectivity index (χ1) is 27.2. The van der Waals surface area contributed by atoms with Crippen molar-refractivity contribution in [1.82, 2.24) is 30.6 Å². The van der Waals surface area contributed by atoms with E-state index in [1.165, 1.54) is 5.56 Å². The van der Waals surface area contributed by atoms with Gasteiger partial charge in [0.15, 0.2) is 0 Å². The minimum absolute atomic E-state index is 0.174. The Morgan fingerprint density at radius 1 is 0.690 bits per heavy atom. The highest BCUT2D eigenvalue weighted by Gasteiger charge is 2.41. The molecule has 58 heavy (non-hydrogen) atoms. The summed E-state index contributed by atoms with van der Waals surface area (Å²) in [4.78, 5) is 43.7. The summed E-state index contributed by atoms with van der Waals surface area (Å²) in [6.07, 6.45) is 1.26. The summed E-state index contributed by atoms with van der Waals surface area (Å²) in [6.45, 7) is 12.2. The number of hydrogen-bond acceptors (Lipinski definition) is 4. The van der Waals surface area contributed by atoms with Crippen LogP contribution < -0.4 is 10.6 Å². The number of halogens is 4. The van der Waals surface area contributed by atoms with Gasteiger partial charge in [0.1, 0.15) is 11.6 Å². The van der Waals surface area contributed by atoms with Crippen molar-refractivity contribution in [2.24, 2.45) is 22.7 Å². The first-order valence-corrected chi connectivity index (χ1v) is 20.8. The van der Waals surface area contributed by atoms with Crippen LogP contribution in [0.1, 0.15) is 128 Å². The Morgan fingerprint density at radius 2 is 1.22 bits per heavy atom. The second-order valence-corrected chi connectivity index (χ2v) is 19.2. The summed E-state index contributed by atoms with van der Waals surface area (Å²) in [5.74, 6) is -5.33.